The maximum absolute atomic E-state index is 11.5. The Bertz CT molecular complexity index is 783. The van der Waals surface area contributed by atoms with Gasteiger partial charge in [0.1, 0.15) is 5.56 Å². The fourth-order valence-corrected chi connectivity index (χ4v) is 2.36. The summed E-state index contributed by atoms with van der Waals surface area (Å²) in [6, 6.07) is 9.31. The van der Waals surface area contributed by atoms with E-state index in [1.165, 1.54) is 6.20 Å². The number of pyridine rings is 1. The van der Waals surface area contributed by atoms with Gasteiger partial charge in [-0.2, -0.15) is 9.78 Å². The van der Waals surface area contributed by atoms with Crippen molar-refractivity contribution in [1.29, 1.82) is 0 Å². The predicted octanol–water partition coefficient (Wildman–Crippen LogP) is 2.37. The van der Waals surface area contributed by atoms with Crippen molar-refractivity contribution in [2.45, 2.75) is 13.8 Å². The van der Waals surface area contributed by atoms with Crippen LogP contribution in [-0.4, -0.2) is 30.4 Å². The number of carboxylic acid groups (broad SMARTS) is 1. The zero-order valence-electron chi connectivity index (χ0n) is 11.7. The molecule has 6 nitrogen and oxygen atoms in total. The molecule has 3 rings (SSSR count). The first-order chi connectivity index (χ1) is 10.1. The minimum absolute atomic E-state index is 0.142. The molecule has 0 saturated carbocycles. The number of aromatic carboxylic acids is 1. The van der Waals surface area contributed by atoms with E-state index in [1.807, 2.05) is 36.6 Å². The Balaban J connectivity index is 2.32. The smallest absolute Gasteiger partial charge is 0.341 e. The summed E-state index contributed by atoms with van der Waals surface area (Å²) >= 11 is 0. The number of hydrogen-bond donors (Lipinski definition) is 1. The summed E-state index contributed by atoms with van der Waals surface area (Å²) in [4.78, 5) is 15.7. The Labute approximate surface area is 121 Å². The van der Waals surface area contributed by atoms with Gasteiger partial charge < -0.3 is 9.67 Å². The number of nitrogens with zero attached hydrogens (tertiary/aromatic N) is 4. The number of aryl methyl sites for hydroxylation is 2. The molecule has 0 unspecified atom stereocenters. The normalized spacial score (nSPS) is 10.8. The van der Waals surface area contributed by atoms with Gasteiger partial charge in [-0.05, 0) is 38.1 Å². The standard InChI is InChI=1S/C15H14N4O2/c1-10-6-7-11(2)18(10)14-12(15(20)21)9-17-19(14)13-5-3-4-8-16-13/h3-9H,1-2H3,(H,20,21). The average Bonchev–Trinajstić information content (AvgIpc) is 3.03. The third-order valence-electron chi connectivity index (χ3n) is 3.32. The van der Waals surface area contributed by atoms with Crippen LogP contribution in [0, 0.1) is 13.8 Å². The van der Waals surface area contributed by atoms with Gasteiger partial charge in [-0.15, -0.1) is 0 Å². The van der Waals surface area contributed by atoms with Gasteiger partial charge in [-0.3, -0.25) is 0 Å². The highest BCUT2D eigenvalue weighted by atomic mass is 16.4. The molecular weight excluding hydrogens is 268 g/mol. The maximum Gasteiger partial charge on any atom is 0.341 e. The van der Waals surface area contributed by atoms with Crippen molar-refractivity contribution in [2.75, 3.05) is 0 Å². The Morgan fingerprint density at radius 1 is 1.14 bits per heavy atom. The number of rotatable bonds is 3. The largest absolute Gasteiger partial charge is 0.477 e. The fourth-order valence-electron chi connectivity index (χ4n) is 2.36. The summed E-state index contributed by atoms with van der Waals surface area (Å²) in [6.45, 7) is 3.85. The van der Waals surface area contributed by atoms with E-state index < -0.39 is 5.97 Å². The zero-order valence-corrected chi connectivity index (χ0v) is 11.7. The highest BCUT2D eigenvalue weighted by molar-refractivity contribution is 5.91. The van der Waals surface area contributed by atoms with E-state index in [-0.39, 0.29) is 5.56 Å². The third kappa shape index (κ3) is 2.10. The SMILES string of the molecule is Cc1ccc(C)n1-c1c(C(=O)O)cnn1-c1ccccn1. The van der Waals surface area contributed by atoms with Gasteiger partial charge in [0.25, 0.3) is 0 Å². The van der Waals surface area contributed by atoms with Crippen LogP contribution in [0.1, 0.15) is 21.7 Å². The van der Waals surface area contributed by atoms with Crippen molar-refractivity contribution in [1.82, 2.24) is 19.3 Å². The first-order valence-corrected chi connectivity index (χ1v) is 6.47. The maximum atomic E-state index is 11.5. The van der Waals surface area contributed by atoms with Crippen molar-refractivity contribution >= 4 is 5.97 Å². The van der Waals surface area contributed by atoms with Crippen molar-refractivity contribution in [3.05, 3.63) is 59.7 Å². The molecule has 0 spiro atoms. The molecular formula is C15H14N4O2. The summed E-state index contributed by atoms with van der Waals surface area (Å²) in [5, 5.41) is 13.6. The molecule has 0 aromatic carbocycles. The van der Waals surface area contributed by atoms with Gasteiger partial charge >= 0.3 is 5.97 Å². The Kier molecular flexibility index (Phi) is 3.06. The molecule has 21 heavy (non-hydrogen) atoms. The molecule has 0 atom stereocenters. The van der Waals surface area contributed by atoms with Gasteiger partial charge in [0, 0.05) is 17.6 Å². The minimum atomic E-state index is -1.01. The lowest BCUT2D eigenvalue weighted by atomic mass is 10.3. The summed E-state index contributed by atoms with van der Waals surface area (Å²) in [7, 11) is 0. The van der Waals surface area contributed by atoms with Crippen molar-refractivity contribution in [3.8, 4) is 11.6 Å². The van der Waals surface area contributed by atoms with E-state index in [4.69, 9.17) is 0 Å². The summed E-state index contributed by atoms with van der Waals surface area (Å²) in [6.07, 6.45) is 3.00. The number of carbonyl (C=O) groups is 1. The van der Waals surface area contributed by atoms with E-state index in [1.54, 1.807) is 23.0 Å². The second-order valence-electron chi connectivity index (χ2n) is 4.74. The molecule has 0 aliphatic carbocycles. The fraction of sp³-hybridized carbons (Fsp3) is 0.133. The molecule has 6 heteroatoms. The molecule has 1 N–H and O–H groups in total. The van der Waals surface area contributed by atoms with Crippen LogP contribution in [0.15, 0.2) is 42.7 Å². The quantitative estimate of drug-likeness (QED) is 0.800. The van der Waals surface area contributed by atoms with Crippen LogP contribution in [0.5, 0.6) is 0 Å². The lowest BCUT2D eigenvalue weighted by molar-refractivity contribution is 0.0697. The Hall–Kier alpha value is -2.89. The first-order valence-electron chi connectivity index (χ1n) is 6.47. The molecule has 3 heterocycles. The lowest BCUT2D eigenvalue weighted by Gasteiger charge is -2.13. The highest BCUT2D eigenvalue weighted by Crippen LogP contribution is 2.22. The van der Waals surface area contributed by atoms with Crippen LogP contribution in [-0.2, 0) is 0 Å². The van der Waals surface area contributed by atoms with Crippen LogP contribution in [0.2, 0.25) is 0 Å². The van der Waals surface area contributed by atoms with Crippen molar-refractivity contribution in [3.63, 3.8) is 0 Å². The van der Waals surface area contributed by atoms with Crippen LogP contribution in [0.4, 0.5) is 0 Å². The summed E-state index contributed by atoms with van der Waals surface area (Å²) < 4.78 is 3.41. The second kappa shape index (κ2) is 4.90. The Morgan fingerprint density at radius 2 is 1.86 bits per heavy atom. The van der Waals surface area contributed by atoms with E-state index in [0.29, 0.717) is 11.6 Å². The summed E-state index contributed by atoms with van der Waals surface area (Å²) in [5.74, 6) is 0.0494. The van der Waals surface area contributed by atoms with Crippen LogP contribution >= 0.6 is 0 Å². The zero-order chi connectivity index (χ0) is 15.0. The minimum Gasteiger partial charge on any atom is -0.477 e. The molecule has 0 aliphatic rings. The van der Waals surface area contributed by atoms with Gasteiger partial charge in [0.2, 0.25) is 0 Å². The number of aromatic nitrogens is 4. The van der Waals surface area contributed by atoms with E-state index in [0.717, 1.165) is 11.4 Å². The topological polar surface area (TPSA) is 72.9 Å². The van der Waals surface area contributed by atoms with Gasteiger partial charge in [0.05, 0.1) is 6.20 Å². The Morgan fingerprint density at radius 3 is 2.43 bits per heavy atom. The monoisotopic (exact) mass is 282 g/mol. The highest BCUT2D eigenvalue weighted by Gasteiger charge is 2.21. The molecule has 0 aliphatic heterocycles. The molecule has 0 radical (unpaired) electrons. The predicted molar refractivity (Wildman–Crippen MR) is 77.1 cm³/mol. The van der Waals surface area contributed by atoms with Crippen LogP contribution in [0.3, 0.4) is 0 Å². The van der Waals surface area contributed by atoms with E-state index in [9.17, 15) is 9.90 Å². The second-order valence-corrected chi connectivity index (χ2v) is 4.74. The number of hydrogen-bond acceptors (Lipinski definition) is 3. The molecule has 3 aromatic rings. The van der Waals surface area contributed by atoms with E-state index in [2.05, 4.69) is 10.1 Å². The molecule has 0 bridgehead atoms. The molecule has 0 fully saturated rings. The lowest BCUT2D eigenvalue weighted by Crippen LogP contribution is -2.12. The van der Waals surface area contributed by atoms with Crippen LogP contribution in [0.25, 0.3) is 11.6 Å². The molecule has 0 saturated heterocycles. The number of carboxylic acids is 1. The first kappa shape index (κ1) is 13.1. The molecule has 106 valence electrons. The van der Waals surface area contributed by atoms with Gasteiger partial charge in [-0.1, -0.05) is 6.07 Å². The van der Waals surface area contributed by atoms with Crippen molar-refractivity contribution in [2.24, 2.45) is 0 Å². The van der Waals surface area contributed by atoms with Crippen molar-refractivity contribution < 1.29 is 9.90 Å². The molecule has 0 amide bonds. The average molecular weight is 282 g/mol. The van der Waals surface area contributed by atoms with Crippen LogP contribution < -0.4 is 0 Å². The third-order valence-corrected chi connectivity index (χ3v) is 3.32. The summed E-state index contributed by atoms with van der Waals surface area (Å²) in [5.41, 5.74) is 2.02. The van der Waals surface area contributed by atoms with Gasteiger partial charge in [0.15, 0.2) is 11.6 Å². The van der Waals surface area contributed by atoms with Gasteiger partial charge in [-0.25, -0.2) is 9.78 Å². The van der Waals surface area contributed by atoms with E-state index >= 15 is 0 Å². The molecule has 3 aromatic heterocycles.